The van der Waals surface area contributed by atoms with E-state index in [1.54, 1.807) is 17.6 Å². The molecule has 1 saturated heterocycles. The highest BCUT2D eigenvalue weighted by Gasteiger charge is 2.51. The largest absolute Gasteiger partial charge is 0.372 e. The van der Waals surface area contributed by atoms with E-state index < -0.39 is 20.5 Å². The van der Waals surface area contributed by atoms with Gasteiger partial charge < -0.3 is 4.90 Å². The molecule has 6 nitrogen and oxygen atoms in total. The summed E-state index contributed by atoms with van der Waals surface area (Å²) in [6.45, 7) is 6.23. The quantitative estimate of drug-likeness (QED) is 0.577. The zero-order chi connectivity index (χ0) is 20.6. The SMILES string of the molecule is CCC.O=C(NO)C1(S(=O)(=O)c2ccc(N3CCCCC3)cc2)CCCCC1. The van der Waals surface area contributed by atoms with Crippen molar-refractivity contribution in [3.8, 4) is 0 Å². The van der Waals surface area contributed by atoms with Gasteiger partial charge in [0, 0.05) is 18.8 Å². The average molecular weight is 411 g/mol. The van der Waals surface area contributed by atoms with Gasteiger partial charge in [0.15, 0.2) is 14.6 Å². The fourth-order valence-electron chi connectivity index (χ4n) is 4.06. The van der Waals surface area contributed by atoms with Crippen LogP contribution in [-0.4, -0.2) is 37.4 Å². The lowest BCUT2D eigenvalue weighted by molar-refractivity contribution is -0.132. The van der Waals surface area contributed by atoms with E-state index in [0.717, 1.165) is 38.0 Å². The Morgan fingerprint density at radius 1 is 1.00 bits per heavy atom. The maximum Gasteiger partial charge on any atom is 0.265 e. The van der Waals surface area contributed by atoms with Crippen LogP contribution in [0.15, 0.2) is 29.2 Å². The summed E-state index contributed by atoms with van der Waals surface area (Å²) in [6.07, 6.45) is 7.52. The number of piperidine rings is 1. The molecule has 3 rings (SSSR count). The standard InChI is InChI=1S/C18H26N2O4S.C3H8/c21-17(19-22)18(11-3-1-4-12-18)25(23,24)16-9-7-15(8-10-16)20-13-5-2-6-14-20;1-3-2/h7-10,22H,1-6,11-14H2,(H,19,21);3H2,1-2H3. The monoisotopic (exact) mass is 410 g/mol. The van der Waals surface area contributed by atoms with Crippen molar-refractivity contribution in [2.24, 2.45) is 0 Å². The van der Waals surface area contributed by atoms with Crippen LogP contribution in [0.25, 0.3) is 0 Å². The van der Waals surface area contributed by atoms with Gasteiger partial charge in [-0.3, -0.25) is 10.0 Å². The van der Waals surface area contributed by atoms with E-state index in [4.69, 9.17) is 5.21 Å². The number of hydroxylamine groups is 1. The Morgan fingerprint density at radius 3 is 2.00 bits per heavy atom. The second-order valence-electron chi connectivity index (χ2n) is 7.75. The van der Waals surface area contributed by atoms with Crippen LogP contribution in [0.3, 0.4) is 0 Å². The van der Waals surface area contributed by atoms with E-state index in [2.05, 4.69) is 18.7 Å². The first-order valence-electron chi connectivity index (χ1n) is 10.5. The van der Waals surface area contributed by atoms with Gasteiger partial charge in [0.25, 0.3) is 5.91 Å². The van der Waals surface area contributed by atoms with E-state index in [9.17, 15) is 13.2 Å². The van der Waals surface area contributed by atoms with Crippen molar-refractivity contribution in [1.29, 1.82) is 0 Å². The van der Waals surface area contributed by atoms with Gasteiger partial charge in [-0.05, 0) is 56.4 Å². The van der Waals surface area contributed by atoms with Crippen LogP contribution in [0.4, 0.5) is 5.69 Å². The summed E-state index contributed by atoms with van der Waals surface area (Å²) in [5.74, 6) is -0.813. The second kappa shape index (κ2) is 10.3. The van der Waals surface area contributed by atoms with E-state index in [1.165, 1.54) is 12.8 Å². The van der Waals surface area contributed by atoms with Gasteiger partial charge >= 0.3 is 0 Å². The summed E-state index contributed by atoms with van der Waals surface area (Å²) < 4.78 is 24.9. The minimum Gasteiger partial charge on any atom is -0.372 e. The van der Waals surface area contributed by atoms with E-state index in [0.29, 0.717) is 12.8 Å². The van der Waals surface area contributed by atoms with Crippen molar-refractivity contribution in [2.75, 3.05) is 18.0 Å². The first kappa shape index (κ1) is 22.7. The van der Waals surface area contributed by atoms with Crippen molar-refractivity contribution in [1.82, 2.24) is 5.48 Å². The van der Waals surface area contributed by atoms with Crippen molar-refractivity contribution in [3.05, 3.63) is 24.3 Å². The number of anilines is 1. The van der Waals surface area contributed by atoms with Crippen LogP contribution >= 0.6 is 0 Å². The predicted molar refractivity (Wildman–Crippen MR) is 111 cm³/mol. The Bertz CT molecular complexity index is 719. The molecule has 0 atom stereocenters. The topological polar surface area (TPSA) is 86.7 Å². The number of rotatable bonds is 4. The Kier molecular flexibility index (Phi) is 8.31. The highest BCUT2D eigenvalue weighted by molar-refractivity contribution is 7.93. The molecule has 28 heavy (non-hydrogen) atoms. The number of carbonyl (C=O) groups is 1. The lowest BCUT2D eigenvalue weighted by Crippen LogP contribution is -2.52. The van der Waals surface area contributed by atoms with Crippen LogP contribution in [0, 0.1) is 0 Å². The first-order chi connectivity index (χ1) is 13.4. The molecule has 1 aromatic carbocycles. The van der Waals surface area contributed by atoms with Crippen LogP contribution < -0.4 is 10.4 Å². The molecule has 0 radical (unpaired) electrons. The maximum atomic E-state index is 13.2. The Hall–Kier alpha value is -1.60. The third-order valence-corrected chi connectivity index (χ3v) is 8.07. The zero-order valence-electron chi connectivity index (χ0n) is 17.1. The third kappa shape index (κ3) is 4.69. The molecule has 1 aromatic rings. The van der Waals surface area contributed by atoms with Gasteiger partial charge in [0.05, 0.1) is 4.90 Å². The minimum atomic E-state index is -3.87. The lowest BCUT2D eigenvalue weighted by Gasteiger charge is -2.34. The molecule has 158 valence electrons. The first-order valence-corrected chi connectivity index (χ1v) is 12.0. The van der Waals surface area contributed by atoms with Crippen molar-refractivity contribution in [3.63, 3.8) is 0 Å². The molecule has 1 saturated carbocycles. The van der Waals surface area contributed by atoms with Crippen molar-refractivity contribution in [2.45, 2.75) is 81.3 Å². The number of nitrogens with one attached hydrogen (secondary N) is 1. The Labute approximate surface area is 169 Å². The molecule has 0 aromatic heterocycles. The molecular weight excluding hydrogens is 376 g/mol. The van der Waals surface area contributed by atoms with Crippen LogP contribution in [0.2, 0.25) is 0 Å². The fourth-order valence-corrected chi connectivity index (χ4v) is 6.12. The summed E-state index contributed by atoms with van der Waals surface area (Å²) in [6, 6.07) is 6.84. The van der Waals surface area contributed by atoms with E-state index >= 15 is 0 Å². The summed E-state index contributed by atoms with van der Waals surface area (Å²) in [5.41, 5.74) is 2.60. The molecule has 2 fully saturated rings. The molecule has 0 spiro atoms. The minimum absolute atomic E-state index is 0.152. The number of amides is 1. The smallest absolute Gasteiger partial charge is 0.265 e. The summed E-state index contributed by atoms with van der Waals surface area (Å²) >= 11 is 0. The Morgan fingerprint density at radius 2 is 1.50 bits per heavy atom. The highest BCUT2D eigenvalue weighted by Crippen LogP contribution is 2.39. The molecular formula is C21H34N2O4S. The van der Waals surface area contributed by atoms with Gasteiger partial charge in [-0.25, -0.2) is 13.9 Å². The highest BCUT2D eigenvalue weighted by atomic mass is 32.2. The number of sulfone groups is 1. The molecule has 1 aliphatic carbocycles. The van der Waals surface area contributed by atoms with Gasteiger partial charge in [-0.1, -0.05) is 39.5 Å². The number of hydrogen-bond acceptors (Lipinski definition) is 5. The van der Waals surface area contributed by atoms with Crippen LogP contribution in [0.1, 0.15) is 71.6 Å². The zero-order valence-corrected chi connectivity index (χ0v) is 17.9. The molecule has 0 unspecified atom stereocenters. The molecule has 1 heterocycles. The number of carbonyl (C=O) groups excluding carboxylic acids is 1. The van der Waals surface area contributed by atoms with E-state index in [-0.39, 0.29) is 17.7 Å². The number of benzene rings is 1. The summed E-state index contributed by atoms with van der Waals surface area (Å²) in [7, 11) is -3.87. The van der Waals surface area contributed by atoms with E-state index in [1.807, 2.05) is 12.1 Å². The van der Waals surface area contributed by atoms with Gasteiger partial charge in [-0.15, -0.1) is 0 Å². The van der Waals surface area contributed by atoms with Gasteiger partial charge in [0.1, 0.15) is 0 Å². The molecule has 1 aliphatic heterocycles. The number of hydrogen-bond donors (Lipinski definition) is 2. The average Bonchev–Trinajstić information content (AvgIpc) is 2.75. The predicted octanol–water partition coefficient (Wildman–Crippen LogP) is 4.08. The van der Waals surface area contributed by atoms with Gasteiger partial charge in [-0.2, -0.15) is 0 Å². The van der Waals surface area contributed by atoms with Gasteiger partial charge in [0.2, 0.25) is 0 Å². The lowest BCUT2D eigenvalue weighted by atomic mass is 9.88. The molecule has 1 amide bonds. The van der Waals surface area contributed by atoms with Crippen molar-refractivity contribution < 1.29 is 18.4 Å². The third-order valence-electron chi connectivity index (χ3n) is 5.56. The molecule has 2 N–H and O–H groups in total. The Balaban J connectivity index is 0.000000878. The molecule has 0 bridgehead atoms. The van der Waals surface area contributed by atoms with Crippen LogP contribution in [-0.2, 0) is 14.6 Å². The summed E-state index contributed by atoms with van der Waals surface area (Å²) in [4.78, 5) is 14.7. The summed E-state index contributed by atoms with van der Waals surface area (Å²) in [5, 5.41) is 9.11. The maximum absolute atomic E-state index is 13.2. The van der Waals surface area contributed by atoms with Crippen LogP contribution in [0.5, 0.6) is 0 Å². The molecule has 7 heteroatoms. The number of nitrogens with zero attached hydrogens (tertiary/aromatic N) is 1. The second-order valence-corrected chi connectivity index (χ2v) is 10.0. The fraction of sp³-hybridized carbons (Fsp3) is 0.667. The molecule has 2 aliphatic rings. The van der Waals surface area contributed by atoms with Crippen molar-refractivity contribution >= 4 is 21.4 Å². The normalized spacial score (nSPS) is 19.3.